The number of allylic oxidation sites excluding steroid dienone is 1. The van der Waals surface area contributed by atoms with Crippen molar-refractivity contribution in [1.82, 2.24) is 4.98 Å². The second kappa shape index (κ2) is 4.12. The minimum absolute atomic E-state index is 0.185. The predicted octanol–water partition coefficient (Wildman–Crippen LogP) is 4.27. The van der Waals surface area contributed by atoms with Crippen molar-refractivity contribution in [2.24, 2.45) is 11.3 Å². The molecule has 1 unspecified atom stereocenters. The van der Waals surface area contributed by atoms with E-state index in [0.717, 1.165) is 0 Å². The van der Waals surface area contributed by atoms with Crippen LogP contribution >= 0.6 is 0 Å². The molecule has 1 aliphatic rings. The molecule has 0 aromatic rings. The van der Waals surface area contributed by atoms with Crippen molar-refractivity contribution in [3.05, 3.63) is 16.5 Å². The fourth-order valence-corrected chi connectivity index (χ4v) is 6.81. The van der Waals surface area contributed by atoms with Gasteiger partial charge in [0, 0.05) is 5.54 Å². The van der Waals surface area contributed by atoms with Crippen molar-refractivity contribution in [2.75, 3.05) is 0 Å². The Kier molecular flexibility index (Phi) is 3.57. The fourth-order valence-electron chi connectivity index (χ4n) is 2.86. The maximum Gasteiger partial charge on any atom is 0.156 e. The first kappa shape index (κ1) is 14.8. The third-order valence-corrected chi connectivity index (χ3v) is 7.44. The van der Waals surface area contributed by atoms with E-state index in [9.17, 15) is 0 Å². The largest absolute Gasteiger partial charge is 0.329 e. The molecule has 0 saturated carbocycles. The molecule has 0 saturated heterocycles. The van der Waals surface area contributed by atoms with Gasteiger partial charge in [0.15, 0.2) is 8.24 Å². The molecule has 98 valence electrons. The molecular formula is C15H29NSi. The molecule has 17 heavy (non-hydrogen) atoms. The maximum absolute atomic E-state index is 3.85. The van der Waals surface area contributed by atoms with Crippen molar-refractivity contribution in [3.63, 3.8) is 0 Å². The van der Waals surface area contributed by atoms with Crippen LogP contribution in [0.2, 0.25) is 13.1 Å². The van der Waals surface area contributed by atoms with E-state index in [0.29, 0.717) is 5.92 Å². The number of nitrogens with one attached hydrogen (secondary N) is 1. The molecule has 0 fully saturated rings. The lowest BCUT2D eigenvalue weighted by molar-refractivity contribution is 0.349. The average molecular weight is 251 g/mol. The topological polar surface area (TPSA) is 12.0 Å². The Balaban J connectivity index is 3.07. The molecule has 0 aliphatic heterocycles. The average Bonchev–Trinajstić information content (AvgIpc) is 2.25. The normalized spacial score (nSPS) is 24.6. The molecule has 0 spiro atoms. The molecule has 1 nitrogen and oxygen atoms in total. The molecular weight excluding hydrogens is 222 g/mol. The minimum atomic E-state index is -1.56. The molecule has 0 bridgehead atoms. The van der Waals surface area contributed by atoms with Crippen molar-refractivity contribution in [1.29, 1.82) is 0 Å². The first-order valence-corrected chi connectivity index (χ1v) is 9.65. The smallest absolute Gasteiger partial charge is 0.156 e. The molecule has 1 atom stereocenters. The van der Waals surface area contributed by atoms with Crippen LogP contribution in [0.1, 0.15) is 48.5 Å². The highest BCUT2D eigenvalue weighted by Gasteiger charge is 2.42. The molecule has 1 aliphatic carbocycles. The fraction of sp³-hybridized carbons (Fsp3) is 0.800. The summed E-state index contributed by atoms with van der Waals surface area (Å²) in [5, 5.41) is 1.55. The minimum Gasteiger partial charge on any atom is -0.329 e. The monoisotopic (exact) mass is 251 g/mol. The van der Waals surface area contributed by atoms with Crippen LogP contribution in [-0.2, 0) is 0 Å². The molecule has 0 amide bonds. The van der Waals surface area contributed by atoms with Crippen molar-refractivity contribution >= 4 is 8.24 Å². The molecule has 0 radical (unpaired) electrons. The second-order valence-electron chi connectivity index (χ2n) is 7.61. The Hall–Kier alpha value is -0.303. The molecule has 2 heteroatoms. The van der Waals surface area contributed by atoms with Gasteiger partial charge >= 0.3 is 0 Å². The van der Waals surface area contributed by atoms with Crippen LogP contribution in [0, 0.1) is 11.3 Å². The van der Waals surface area contributed by atoms with E-state index < -0.39 is 8.24 Å². The zero-order valence-corrected chi connectivity index (χ0v) is 14.1. The van der Waals surface area contributed by atoms with E-state index in [1.54, 1.807) is 5.20 Å². The van der Waals surface area contributed by atoms with Gasteiger partial charge < -0.3 is 4.98 Å². The van der Waals surface area contributed by atoms with Crippen molar-refractivity contribution in [2.45, 2.75) is 67.1 Å². The molecule has 0 heterocycles. The predicted molar refractivity (Wildman–Crippen MR) is 79.5 cm³/mol. The molecule has 0 aromatic heterocycles. The summed E-state index contributed by atoms with van der Waals surface area (Å²) in [6.45, 7) is 20.8. The Labute approximate surface area is 108 Å². The van der Waals surface area contributed by atoms with Crippen LogP contribution < -0.4 is 4.98 Å². The van der Waals surface area contributed by atoms with Crippen LogP contribution in [0.25, 0.3) is 0 Å². The Morgan fingerprint density at radius 1 is 1.24 bits per heavy atom. The lowest BCUT2D eigenvalue weighted by Crippen LogP contribution is -2.56. The molecule has 0 aromatic carbocycles. The van der Waals surface area contributed by atoms with E-state index in [-0.39, 0.29) is 11.0 Å². The van der Waals surface area contributed by atoms with Gasteiger partial charge in [0.05, 0.1) is 0 Å². The summed E-state index contributed by atoms with van der Waals surface area (Å²) in [6, 6.07) is 0. The Bertz CT molecular complexity index is 376. The van der Waals surface area contributed by atoms with Gasteiger partial charge in [-0.2, -0.15) is 0 Å². The van der Waals surface area contributed by atoms with E-state index in [1.165, 1.54) is 5.57 Å². The highest BCUT2D eigenvalue weighted by Crippen LogP contribution is 2.45. The van der Waals surface area contributed by atoms with Gasteiger partial charge in [0.1, 0.15) is 0 Å². The van der Waals surface area contributed by atoms with Crippen LogP contribution in [0.15, 0.2) is 16.5 Å². The first-order chi connectivity index (χ1) is 7.38. The third kappa shape index (κ3) is 2.93. The quantitative estimate of drug-likeness (QED) is 0.571. The van der Waals surface area contributed by atoms with Crippen LogP contribution in [-0.4, -0.2) is 13.8 Å². The number of hydrogen-bond acceptors (Lipinski definition) is 1. The lowest BCUT2D eigenvalue weighted by Gasteiger charge is -2.38. The van der Waals surface area contributed by atoms with E-state index in [2.05, 4.69) is 72.3 Å². The van der Waals surface area contributed by atoms with Gasteiger partial charge in [0.25, 0.3) is 0 Å². The SMILES string of the molecule is CC1=C=C([Si](C)(C)NC(C)(C)C)C(C)C1(C)C. The van der Waals surface area contributed by atoms with Gasteiger partial charge in [0.2, 0.25) is 0 Å². The summed E-state index contributed by atoms with van der Waals surface area (Å²) < 4.78 is 0. The summed E-state index contributed by atoms with van der Waals surface area (Å²) in [4.78, 5) is 3.85. The maximum atomic E-state index is 3.85. The Morgan fingerprint density at radius 3 is 2.00 bits per heavy atom. The highest BCUT2D eigenvalue weighted by molar-refractivity contribution is 6.82. The van der Waals surface area contributed by atoms with E-state index >= 15 is 0 Å². The zero-order chi connectivity index (χ0) is 13.6. The van der Waals surface area contributed by atoms with Crippen LogP contribution in [0.3, 0.4) is 0 Å². The lowest BCUT2D eigenvalue weighted by atomic mass is 9.78. The third-order valence-electron chi connectivity index (χ3n) is 4.17. The van der Waals surface area contributed by atoms with Gasteiger partial charge in [-0.3, -0.25) is 0 Å². The second-order valence-corrected chi connectivity index (χ2v) is 11.6. The van der Waals surface area contributed by atoms with Gasteiger partial charge in [-0.25, -0.2) is 0 Å². The zero-order valence-electron chi connectivity index (χ0n) is 13.1. The first-order valence-electron chi connectivity index (χ1n) is 6.65. The standard InChI is InChI=1S/C15H29NSi/c1-11-10-13(12(2)15(11,6)7)17(8,9)16-14(3,4)5/h12,16H,1-9H3. The summed E-state index contributed by atoms with van der Waals surface area (Å²) >= 11 is 0. The van der Waals surface area contributed by atoms with E-state index in [1.807, 2.05) is 0 Å². The summed E-state index contributed by atoms with van der Waals surface area (Å²) in [6.07, 6.45) is 0. The Morgan fingerprint density at radius 2 is 1.71 bits per heavy atom. The summed E-state index contributed by atoms with van der Waals surface area (Å²) in [5.74, 6) is 0.610. The highest BCUT2D eigenvalue weighted by atomic mass is 28.3. The van der Waals surface area contributed by atoms with Crippen LogP contribution in [0.4, 0.5) is 0 Å². The summed E-state index contributed by atoms with van der Waals surface area (Å²) in [5.41, 5.74) is 5.56. The van der Waals surface area contributed by atoms with E-state index in [4.69, 9.17) is 0 Å². The van der Waals surface area contributed by atoms with Crippen molar-refractivity contribution < 1.29 is 0 Å². The molecule has 1 rings (SSSR count). The van der Waals surface area contributed by atoms with Gasteiger partial charge in [-0.05, 0) is 49.8 Å². The number of rotatable bonds is 2. The molecule has 1 N–H and O–H groups in total. The van der Waals surface area contributed by atoms with Crippen molar-refractivity contribution in [3.8, 4) is 0 Å². The van der Waals surface area contributed by atoms with Gasteiger partial charge in [-0.15, -0.1) is 5.73 Å². The number of hydrogen-bond donors (Lipinski definition) is 1. The van der Waals surface area contributed by atoms with Gasteiger partial charge in [-0.1, -0.05) is 33.9 Å². The van der Waals surface area contributed by atoms with Crippen LogP contribution in [0.5, 0.6) is 0 Å². The summed E-state index contributed by atoms with van der Waals surface area (Å²) in [7, 11) is -1.56.